The van der Waals surface area contributed by atoms with Gasteiger partial charge in [-0.05, 0) is 12.3 Å². The Bertz CT molecular complexity index is 249. The Morgan fingerprint density at radius 2 is 1.82 bits per heavy atom. The number of esters is 1. The van der Waals surface area contributed by atoms with Crippen LogP contribution in [0.5, 0.6) is 0 Å². The molecule has 0 saturated carbocycles. The lowest BCUT2D eigenvalue weighted by atomic mass is 9.99. The first-order chi connectivity index (χ1) is 7.47. The number of methoxy groups -OCH3 is 1. The predicted molar refractivity (Wildman–Crippen MR) is 68.9 cm³/mol. The predicted octanol–water partition coefficient (Wildman–Crippen LogP) is 0.849. The molecule has 3 unspecified atom stereocenters. The van der Waals surface area contributed by atoms with E-state index in [-0.39, 0.29) is 24.2 Å². The summed E-state index contributed by atoms with van der Waals surface area (Å²) in [4.78, 5) is 23.0. The Kier molecular flexibility index (Phi) is 10.1. The van der Waals surface area contributed by atoms with Gasteiger partial charge in [-0.3, -0.25) is 4.79 Å². The molecule has 3 N–H and O–H groups in total. The summed E-state index contributed by atoms with van der Waals surface area (Å²) in [6, 6.07) is -1.18. The second-order valence-electron chi connectivity index (χ2n) is 3.90. The molecule has 0 rings (SSSR count). The van der Waals surface area contributed by atoms with Crippen molar-refractivity contribution in [1.82, 2.24) is 5.32 Å². The van der Waals surface area contributed by atoms with Gasteiger partial charge in [0, 0.05) is 0 Å². The molecule has 0 radical (unpaired) electrons. The largest absolute Gasteiger partial charge is 0.467 e. The molecule has 0 aromatic carbocycles. The average molecular weight is 267 g/mol. The highest BCUT2D eigenvalue weighted by Crippen LogP contribution is 2.06. The summed E-state index contributed by atoms with van der Waals surface area (Å²) >= 11 is 0. The van der Waals surface area contributed by atoms with Crippen LogP contribution in [0.4, 0.5) is 0 Å². The molecule has 5 nitrogen and oxygen atoms in total. The number of amides is 1. The zero-order valence-electron chi connectivity index (χ0n) is 10.9. The van der Waals surface area contributed by atoms with Crippen molar-refractivity contribution in [3.8, 4) is 0 Å². The first-order valence-corrected chi connectivity index (χ1v) is 5.61. The molecule has 17 heavy (non-hydrogen) atoms. The molecule has 0 spiro atoms. The third kappa shape index (κ3) is 5.89. The van der Waals surface area contributed by atoms with Gasteiger partial charge in [0.05, 0.1) is 13.2 Å². The molecule has 0 aromatic rings. The summed E-state index contributed by atoms with van der Waals surface area (Å²) in [6.07, 6.45) is 1.31. The van der Waals surface area contributed by atoms with Crippen molar-refractivity contribution in [2.24, 2.45) is 11.7 Å². The monoisotopic (exact) mass is 266 g/mol. The van der Waals surface area contributed by atoms with Crippen LogP contribution in [-0.4, -0.2) is 31.1 Å². The summed E-state index contributed by atoms with van der Waals surface area (Å²) in [5, 5.41) is 2.59. The van der Waals surface area contributed by atoms with Gasteiger partial charge in [0.15, 0.2) is 0 Å². The van der Waals surface area contributed by atoms with E-state index < -0.39 is 18.1 Å². The molecule has 0 bridgehead atoms. The van der Waals surface area contributed by atoms with E-state index in [0.29, 0.717) is 6.42 Å². The van der Waals surface area contributed by atoms with Crippen LogP contribution in [-0.2, 0) is 14.3 Å². The normalized spacial score (nSPS) is 15.1. The number of nitrogens with two attached hydrogens (primary N) is 1. The topological polar surface area (TPSA) is 81.4 Å². The molecule has 0 saturated heterocycles. The number of halogens is 1. The summed E-state index contributed by atoms with van der Waals surface area (Å²) in [7, 11) is 1.30. The number of rotatable bonds is 6. The minimum Gasteiger partial charge on any atom is -0.467 e. The molecule has 0 fully saturated rings. The average Bonchev–Trinajstić information content (AvgIpc) is 2.32. The van der Waals surface area contributed by atoms with Crippen LogP contribution in [0.3, 0.4) is 0 Å². The van der Waals surface area contributed by atoms with Gasteiger partial charge < -0.3 is 15.8 Å². The van der Waals surface area contributed by atoms with E-state index >= 15 is 0 Å². The maximum absolute atomic E-state index is 11.7. The number of hydrogen-bond donors (Lipinski definition) is 2. The minimum atomic E-state index is -0.604. The fourth-order valence-electron chi connectivity index (χ4n) is 1.25. The summed E-state index contributed by atoms with van der Waals surface area (Å²) in [5.74, 6) is -0.644. The lowest BCUT2D eigenvalue weighted by Gasteiger charge is -2.21. The second kappa shape index (κ2) is 9.24. The smallest absolute Gasteiger partial charge is 0.328 e. The van der Waals surface area contributed by atoms with Crippen LogP contribution < -0.4 is 11.1 Å². The Labute approximate surface area is 109 Å². The van der Waals surface area contributed by atoms with Gasteiger partial charge in [-0.2, -0.15) is 0 Å². The first-order valence-electron chi connectivity index (χ1n) is 5.61. The molecule has 0 aromatic heterocycles. The summed E-state index contributed by atoms with van der Waals surface area (Å²) in [5.41, 5.74) is 5.75. The number of ether oxygens (including phenoxy) is 1. The van der Waals surface area contributed by atoms with Crippen molar-refractivity contribution in [3.05, 3.63) is 0 Å². The highest BCUT2D eigenvalue weighted by atomic mass is 35.5. The molecule has 0 aliphatic heterocycles. The fourth-order valence-corrected chi connectivity index (χ4v) is 1.25. The van der Waals surface area contributed by atoms with Crippen molar-refractivity contribution >= 4 is 24.3 Å². The summed E-state index contributed by atoms with van der Waals surface area (Å²) in [6.45, 7) is 5.68. The Morgan fingerprint density at radius 1 is 1.29 bits per heavy atom. The maximum atomic E-state index is 11.7. The molecule has 0 aliphatic carbocycles. The number of carbonyl (C=O) groups is 2. The molecule has 0 heterocycles. The van der Waals surface area contributed by atoms with E-state index in [2.05, 4.69) is 10.1 Å². The SMILES string of the molecule is CCC(NC(=O)C(N)C(C)CC)C(=O)OC.Cl. The van der Waals surface area contributed by atoms with Crippen LogP contribution in [0.15, 0.2) is 0 Å². The van der Waals surface area contributed by atoms with E-state index in [4.69, 9.17) is 5.73 Å². The van der Waals surface area contributed by atoms with Crippen LogP contribution in [0.25, 0.3) is 0 Å². The zero-order chi connectivity index (χ0) is 12.7. The van der Waals surface area contributed by atoms with E-state index in [0.717, 1.165) is 6.42 Å². The third-order valence-electron chi connectivity index (χ3n) is 2.77. The Morgan fingerprint density at radius 3 is 2.18 bits per heavy atom. The van der Waals surface area contributed by atoms with Gasteiger partial charge >= 0.3 is 5.97 Å². The van der Waals surface area contributed by atoms with E-state index in [1.54, 1.807) is 6.92 Å². The lowest BCUT2D eigenvalue weighted by Crippen LogP contribution is -2.50. The highest BCUT2D eigenvalue weighted by Gasteiger charge is 2.25. The van der Waals surface area contributed by atoms with Crippen molar-refractivity contribution < 1.29 is 14.3 Å². The Hall–Kier alpha value is -0.810. The quantitative estimate of drug-likeness (QED) is 0.699. The van der Waals surface area contributed by atoms with Gasteiger partial charge in [-0.25, -0.2) is 4.79 Å². The maximum Gasteiger partial charge on any atom is 0.328 e. The van der Waals surface area contributed by atoms with Crippen molar-refractivity contribution in [3.63, 3.8) is 0 Å². The molecule has 102 valence electrons. The molecule has 6 heteroatoms. The van der Waals surface area contributed by atoms with Gasteiger partial charge in [-0.1, -0.05) is 27.2 Å². The number of nitrogens with one attached hydrogen (secondary N) is 1. The number of carbonyl (C=O) groups excluding carboxylic acids is 2. The van der Waals surface area contributed by atoms with Crippen LogP contribution in [0.1, 0.15) is 33.6 Å². The zero-order valence-corrected chi connectivity index (χ0v) is 11.7. The van der Waals surface area contributed by atoms with Crippen molar-refractivity contribution in [2.45, 2.75) is 45.7 Å². The third-order valence-corrected chi connectivity index (χ3v) is 2.77. The minimum absolute atomic E-state index is 0. The standard InChI is InChI=1S/C11H22N2O3.ClH/c1-5-7(3)9(12)10(14)13-8(6-2)11(15)16-4;/h7-9H,5-6,12H2,1-4H3,(H,13,14);1H. The number of hydrogen-bond acceptors (Lipinski definition) is 4. The van der Waals surface area contributed by atoms with Gasteiger partial charge in [-0.15, -0.1) is 12.4 Å². The molecular weight excluding hydrogens is 244 g/mol. The van der Waals surface area contributed by atoms with Crippen LogP contribution in [0.2, 0.25) is 0 Å². The van der Waals surface area contributed by atoms with Gasteiger partial charge in [0.2, 0.25) is 5.91 Å². The fraction of sp³-hybridized carbons (Fsp3) is 0.818. The van der Waals surface area contributed by atoms with Crippen LogP contribution in [0, 0.1) is 5.92 Å². The van der Waals surface area contributed by atoms with Crippen molar-refractivity contribution in [1.29, 1.82) is 0 Å². The molecular formula is C11H23ClN2O3. The second-order valence-corrected chi connectivity index (χ2v) is 3.90. The van der Waals surface area contributed by atoms with Crippen LogP contribution >= 0.6 is 12.4 Å². The van der Waals surface area contributed by atoms with Crippen molar-refractivity contribution in [2.75, 3.05) is 7.11 Å². The Balaban J connectivity index is 0. The molecule has 3 atom stereocenters. The first kappa shape index (κ1) is 18.6. The summed E-state index contributed by atoms with van der Waals surface area (Å²) < 4.78 is 4.58. The van der Waals surface area contributed by atoms with E-state index in [1.165, 1.54) is 7.11 Å². The van der Waals surface area contributed by atoms with E-state index in [1.807, 2.05) is 13.8 Å². The molecule has 1 amide bonds. The van der Waals surface area contributed by atoms with E-state index in [9.17, 15) is 9.59 Å². The molecule has 0 aliphatic rings. The highest BCUT2D eigenvalue weighted by molar-refractivity contribution is 5.87. The lowest BCUT2D eigenvalue weighted by molar-refractivity contribution is -0.145. The van der Waals surface area contributed by atoms with Gasteiger partial charge in [0.1, 0.15) is 6.04 Å². The van der Waals surface area contributed by atoms with Gasteiger partial charge in [0.25, 0.3) is 0 Å².